The third kappa shape index (κ3) is 2.76. The molecule has 0 aromatic heterocycles. The van der Waals surface area contributed by atoms with Crippen LogP contribution in [-0.4, -0.2) is 24.4 Å². The van der Waals surface area contributed by atoms with Gasteiger partial charge in [-0.05, 0) is 32.1 Å². The van der Waals surface area contributed by atoms with Crippen molar-refractivity contribution in [2.45, 2.75) is 51.2 Å². The molecule has 2 unspecified atom stereocenters. The molecule has 2 nitrogen and oxygen atoms in total. The summed E-state index contributed by atoms with van der Waals surface area (Å²) >= 11 is 0. The quantitative estimate of drug-likeness (QED) is 0.702. The van der Waals surface area contributed by atoms with Gasteiger partial charge in [-0.15, -0.1) is 0 Å². The highest BCUT2D eigenvalue weighted by atomic mass is 16.5. The first kappa shape index (κ1) is 10.0. The van der Waals surface area contributed by atoms with Crippen LogP contribution in [-0.2, 0) is 4.74 Å². The van der Waals surface area contributed by atoms with Crippen molar-refractivity contribution < 1.29 is 9.84 Å². The minimum absolute atomic E-state index is 0.137. The first-order chi connectivity index (χ1) is 5.74. The van der Waals surface area contributed by atoms with Crippen LogP contribution in [0.1, 0.15) is 39.0 Å². The van der Waals surface area contributed by atoms with Crippen LogP contribution in [0.25, 0.3) is 0 Å². The summed E-state index contributed by atoms with van der Waals surface area (Å²) in [5.41, 5.74) is 0. The van der Waals surface area contributed by atoms with Gasteiger partial charge in [0.15, 0.2) is 0 Å². The van der Waals surface area contributed by atoms with E-state index in [0.29, 0.717) is 5.92 Å². The fourth-order valence-electron chi connectivity index (χ4n) is 1.97. The van der Waals surface area contributed by atoms with Crippen LogP contribution >= 0.6 is 0 Å². The average molecular weight is 172 g/mol. The lowest BCUT2D eigenvalue weighted by Crippen LogP contribution is -2.23. The molecule has 0 radical (unpaired) electrons. The molecule has 0 aliphatic heterocycles. The van der Waals surface area contributed by atoms with E-state index in [1.807, 2.05) is 6.92 Å². The molecule has 0 spiro atoms. The molecule has 1 N–H and O–H groups in total. The molecule has 1 fully saturated rings. The van der Waals surface area contributed by atoms with E-state index in [-0.39, 0.29) is 12.2 Å². The molecule has 2 heteroatoms. The fourth-order valence-corrected chi connectivity index (χ4v) is 1.97. The van der Waals surface area contributed by atoms with Gasteiger partial charge in [-0.3, -0.25) is 0 Å². The lowest BCUT2D eigenvalue weighted by Gasteiger charge is -2.20. The summed E-state index contributed by atoms with van der Waals surface area (Å²) in [5, 5.41) is 9.77. The smallest absolute Gasteiger partial charge is 0.0593 e. The Bertz CT molecular complexity index is 119. The van der Waals surface area contributed by atoms with E-state index in [9.17, 15) is 5.11 Å². The van der Waals surface area contributed by atoms with Gasteiger partial charge in [0.05, 0.1) is 12.2 Å². The monoisotopic (exact) mass is 172 g/mol. The van der Waals surface area contributed by atoms with Crippen molar-refractivity contribution in [2.24, 2.45) is 5.92 Å². The summed E-state index contributed by atoms with van der Waals surface area (Å²) < 4.78 is 5.12. The second-order valence-corrected chi connectivity index (χ2v) is 3.89. The summed E-state index contributed by atoms with van der Waals surface area (Å²) in [4.78, 5) is 0. The summed E-state index contributed by atoms with van der Waals surface area (Å²) in [5.74, 6) is 0.544. The van der Waals surface area contributed by atoms with E-state index in [1.165, 1.54) is 25.7 Å². The molecular weight excluding hydrogens is 152 g/mol. The molecule has 12 heavy (non-hydrogen) atoms. The first-order valence-corrected chi connectivity index (χ1v) is 4.95. The maximum atomic E-state index is 9.77. The Kier molecular flexibility index (Phi) is 4.02. The number of ether oxygens (including phenoxy) is 1. The minimum Gasteiger partial charge on any atom is -0.393 e. The van der Waals surface area contributed by atoms with E-state index < -0.39 is 0 Å². The van der Waals surface area contributed by atoms with Gasteiger partial charge in [0.25, 0.3) is 0 Å². The van der Waals surface area contributed by atoms with Gasteiger partial charge in [-0.25, -0.2) is 0 Å². The molecule has 0 aromatic carbocycles. The van der Waals surface area contributed by atoms with Crippen LogP contribution in [0.5, 0.6) is 0 Å². The molecule has 0 saturated heterocycles. The van der Waals surface area contributed by atoms with E-state index in [0.717, 1.165) is 6.42 Å². The van der Waals surface area contributed by atoms with Crippen LogP contribution in [0.15, 0.2) is 0 Å². The van der Waals surface area contributed by atoms with Crippen LogP contribution in [0.4, 0.5) is 0 Å². The topological polar surface area (TPSA) is 29.5 Å². The predicted octanol–water partition coefficient (Wildman–Crippen LogP) is 1.96. The average Bonchev–Trinajstić information content (AvgIpc) is 2.56. The van der Waals surface area contributed by atoms with Crippen LogP contribution in [0, 0.1) is 5.92 Å². The van der Waals surface area contributed by atoms with Crippen molar-refractivity contribution in [2.75, 3.05) is 7.11 Å². The Morgan fingerprint density at radius 1 is 1.42 bits per heavy atom. The molecule has 1 aliphatic carbocycles. The number of hydrogen-bond acceptors (Lipinski definition) is 2. The molecule has 72 valence electrons. The van der Waals surface area contributed by atoms with Gasteiger partial charge in [0.1, 0.15) is 0 Å². The Labute approximate surface area is 74.9 Å². The highest BCUT2D eigenvalue weighted by Gasteiger charge is 2.24. The zero-order valence-corrected chi connectivity index (χ0v) is 8.12. The maximum absolute atomic E-state index is 9.77. The molecule has 1 saturated carbocycles. The predicted molar refractivity (Wildman–Crippen MR) is 49.1 cm³/mol. The Balaban J connectivity index is 2.21. The van der Waals surface area contributed by atoms with Gasteiger partial charge in [0.2, 0.25) is 0 Å². The molecule has 0 aromatic rings. The summed E-state index contributed by atoms with van der Waals surface area (Å²) in [6.07, 6.45) is 5.85. The molecule has 2 atom stereocenters. The number of aliphatic hydroxyl groups is 1. The van der Waals surface area contributed by atoms with E-state index in [4.69, 9.17) is 4.74 Å². The SMILES string of the molecule is COC(C)CC(O)C1CCCC1. The van der Waals surface area contributed by atoms with Crippen LogP contribution < -0.4 is 0 Å². The molecular formula is C10H20O2. The van der Waals surface area contributed by atoms with Crippen LogP contribution in [0.2, 0.25) is 0 Å². The van der Waals surface area contributed by atoms with Gasteiger partial charge < -0.3 is 9.84 Å². The highest BCUT2D eigenvalue weighted by molar-refractivity contribution is 4.76. The minimum atomic E-state index is -0.137. The summed E-state index contributed by atoms with van der Waals surface area (Å²) in [6.45, 7) is 2.01. The standard InChI is InChI=1S/C10H20O2/c1-8(12-2)7-10(11)9-5-3-4-6-9/h8-11H,3-7H2,1-2H3. The number of rotatable bonds is 4. The van der Waals surface area contributed by atoms with Crippen LogP contribution in [0.3, 0.4) is 0 Å². The Morgan fingerprint density at radius 2 is 2.00 bits per heavy atom. The van der Waals surface area contributed by atoms with Crippen molar-refractivity contribution in [1.29, 1.82) is 0 Å². The van der Waals surface area contributed by atoms with Gasteiger partial charge in [0, 0.05) is 7.11 Å². The number of aliphatic hydroxyl groups excluding tert-OH is 1. The second kappa shape index (κ2) is 4.83. The zero-order chi connectivity index (χ0) is 8.97. The van der Waals surface area contributed by atoms with Crippen molar-refractivity contribution in [3.63, 3.8) is 0 Å². The van der Waals surface area contributed by atoms with Crippen molar-refractivity contribution >= 4 is 0 Å². The molecule has 0 amide bonds. The summed E-state index contributed by atoms with van der Waals surface area (Å²) in [6, 6.07) is 0. The maximum Gasteiger partial charge on any atom is 0.0593 e. The Hall–Kier alpha value is -0.0800. The van der Waals surface area contributed by atoms with Crippen molar-refractivity contribution in [3.05, 3.63) is 0 Å². The highest BCUT2D eigenvalue weighted by Crippen LogP contribution is 2.29. The molecule has 0 heterocycles. The fraction of sp³-hybridized carbons (Fsp3) is 1.00. The number of methoxy groups -OCH3 is 1. The largest absolute Gasteiger partial charge is 0.393 e. The molecule has 1 aliphatic rings. The van der Waals surface area contributed by atoms with E-state index >= 15 is 0 Å². The third-order valence-corrected chi connectivity index (χ3v) is 2.92. The van der Waals surface area contributed by atoms with Gasteiger partial charge in [-0.1, -0.05) is 12.8 Å². The summed E-state index contributed by atoms with van der Waals surface area (Å²) in [7, 11) is 1.70. The number of hydrogen-bond donors (Lipinski definition) is 1. The van der Waals surface area contributed by atoms with E-state index in [1.54, 1.807) is 7.11 Å². The first-order valence-electron chi connectivity index (χ1n) is 4.95. The zero-order valence-electron chi connectivity index (χ0n) is 8.12. The normalized spacial score (nSPS) is 24.2. The van der Waals surface area contributed by atoms with E-state index in [2.05, 4.69) is 0 Å². The Morgan fingerprint density at radius 3 is 2.50 bits per heavy atom. The van der Waals surface area contributed by atoms with Crippen molar-refractivity contribution in [1.82, 2.24) is 0 Å². The lowest BCUT2D eigenvalue weighted by molar-refractivity contribution is 0.0299. The van der Waals surface area contributed by atoms with Crippen molar-refractivity contribution in [3.8, 4) is 0 Å². The second-order valence-electron chi connectivity index (χ2n) is 3.89. The molecule has 1 rings (SSSR count). The van der Waals surface area contributed by atoms with Gasteiger partial charge >= 0.3 is 0 Å². The lowest BCUT2D eigenvalue weighted by atomic mass is 9.96. The third-order valence-electron chi connectivity index (χ3n) is 2.92. The van der Waals surface area contributed by atoms with Gasteiger partial charge in [-0.2, -0.15) is 0 Å². The molecule has 0 bridgehead atoms.